The van der Waals surface area contributed by atoms with Gasteiger partial charge in [-0.25, -0.2) is 0 Å². The number of aliphatic hydroxyl groups is 1. The van der Waals surface area contributed by atoms with Crippen molar-refractivity contribution in [2.45, 2.75) is 25.2 Å². The van der Waals surface area contributed by atoms with E-state index in [1.165, 1.54) is 19.1 Å². The third-order valence-corrected chi connectivity index (χ3v) is 4.87. The Bertz CT molecular complexity index is 823. The topological polar surface area (TPSA) is 71.0 Å². The molecule has 0 radical (unpaired) electrons. The smallest absolute Gasteiger partial charge is 0.295 e. The van der Waals surface area contributed by atoms with E-state index in [-0.39, 0.29) is 30.4 Å². The van der Waals surface area contributed by atoms with E-state index in [9.17, 15) is 9.90 Å². The van der Waals surface area contributed by atoms with Crippen molar-refractivity contribution in [3.8, 4) is 0 Å². The fourth-order valence-corrected chi connectivity index (χ4v) is 3.44. The first-order chi connectivity index (χ1) is 13.6. The van der Waals surface area contributed by atoms with E-state index in [2.05, 4.69) is 5.32 Å². The van der Waals surface area contributed by atoms with Crippen molar-refractivity contribution in [2.24, 2.45) is 0 Å². The fraction of sp³-hybridized carbons (Fsp3) is 0.318. The molecule has 3 rings (SSSR count). The molecule has 0 spiro atoms. The van der Waals surface area contributed by atoms with Crippen LogP contribution in [0.3, 0.4) is 0 Å². The first-order valence-electron chi connectivity index (χ1n) is 9.26. The largest absolute Gasteiger partial charge is 0.492 e. The lowest BCUT2D eigenvalue weighted by atomic mass is 10.1. The van der Waals surface area contributed by atoms with Gasteiger partial charge < -0.3 is 19.9 Å². The van der Waals surface area contributed by atoms with Crippen LogP contribution in [-0.2, 0) is 27.4 Å². The molecule has 1 aliphatic heterocycles. The predicted molar refractivity (Wildman–Crippen MR) is 106 cm³/mol. The van der Waals surface area contributed by atoms with Crippen LogP contribution >= 0.6 is 0 Å². The Kier molecular flexibility index (Phi) is 6.34. The third-order valence-electron chi connectivity index (χ3n) is 4.87. The van der Waals surface area contributed by atoms with E-state index in [0.29, 0.717) is 13.1 Å². The summed E-state index contributed by atoms with van der Waals surface area (Å²) in [5.41, 5.74) is 0.494. The number of hydrogen-bond acceptors (Lipinski definition) is 5. The number of benzene rings is 2. The maximum atomic E-state index is 12.9. The van der Waals surface area contributed by atoms with Crippen LogP contribution in [-0.4, -0.2) is 42.4 Å². The summed E-state index contributed by atoms with van der Waals surface area (Å²) in [4.78, 5) is 14.3. The van der Waals surface area contributed by atoms with Gasteiger partial charge in [0.25, 0.3) is 5.91 Å². The first-order valence-corrected chi connectivity index (χ1v) is 9.26. The van der Waals surface area contributed by atoms with E-state index in [0.717, 1.165) is 11.1 Å². The highest BCUT2D eigenvalue weighted by molar-refractivity contribution is 5.95. The average Bonchev–Trinajstić information content (AvgIpc) is 2.93. The molecule has 0 aliphatic carbocycles. The van der Waals surface area contributed by atoms with Crippen LogP contribution in [0.5, 0.6) is 0 Å². The molecule has 6 nitrogen and oxygen atoms in total. The van der Waals surface area contributed by atoms with Crippen molar-refractivity contribution in [1.82, 2.24) is 10.2 Å². The number of carbonyl (C=O) groups excluding carboxylic acids is 1. The normalized spacial score (nSPS) is 19.2. The lowest BCUT2D eigenvalue weighted by Gasteiger charge is -2.34. The SMILES string of the molecule is COC1=C(OC)C(O)(CCNCc2ccccc2)N(Cc2ccccc2)C1=O. The van der Waals surface area contributed by atoms with Gasteiger partial charge in [-0.2, -0.15) is 0 Å². The van der Waals surface area contributed by atoms with Gasteiger partial charge in [-0.15, -0.1) is 0 Å². The van der Waals surface area contributed by atoms with Crippen molar-refractivity contribution >= 4 is 5.91 Å². The molecule has 0 saturated carbocycles. The molecular formula is C22H26N2O4. The highest BCUT2D eigenvalue weighted by Crippen LogP contribution is 2.38. The minimum Gasteiger partial charge on any atom is -0.492 e. The van der Waals surface area contributed by atoms with Gasteiger partial charge >= 0.3 is 0 Å². The molecule has 2 aromatic carbocycles. The molecule has 0 aromatic heterocycles. The number of nitrogens with zero attached hydrogens (tertiary/aromatic N) is 1. The second-order valence-electron chi connectivity index (χ2n) is 6.67. The predicted octanol–water partition coefficient (Wildman–Crippen LogP) is 2.40. The van der Waals surface area contributed by atoms with E-state index in [4.69, 9.17) is 9.47 Å². The molecular weight excluding hydrogens is 356 g/mol. The number of nitrogens with one attached hydrogen (secondary N) is 1. The van der Waals surface area contributed by atoms with Crippen molar-refractivity contribution < 1.29 is 19.4 Å². The molecule has 1 atom stereocenters. The number of ether oxygens (including phenoxy) is 2. The minimum atomic E-state index is -1.57. The van der Waals surface area contributed by atoms with Crippen LogP contribution < -0.4 is 5.32 Å². The van der Waals surface area contributed by atoms with Gasteiger partial charge in [-0.1, -0.05) is 60.7 Å². The second kappa shape index (κ2) is 8.91. The zero-order valence-corrected chi connectivity index (χ0v) is 16.2. The number of carbonyl (C=O) groups is 1. The molecule has 0 saturated heterocycles. The Balaban J connectivity index is 1.75. The lowest BCUT2D eigenvalue weighted by Crippen LogP contribution is -2.49. The van der Waals surface area contributed by atoms with Gasteiger partial charge in [0.2, 0.25) is 11.5 Å². The minimum absolute atomic E-state index is 0.0454. The van der Waals surface area contributed by atoms with Crippen molar-refractivity contribution in [3.05, 3.63) is 83.3 Å². The summed E-state index contributed by atoms with van der Waals surface area (Å²) in [6.45, 7) is 1.43. The number of methoxy groups -OCH3 is 2. The number of rotatable bonds is 9. The van der Waals surface area contributed by atoms with Gasteiger partial charge in [0.15, 0.2) is 5.76 Å². The van der Waals surface area contributed by atoms with E-state index in [1.54, 1.807) is 0 Å². The van der Waals surface area contributed by atoms with Crippen LogP contribution in [0.4, 0.5) is 0 Å². The average molecular weight is 382 g/mol. The molecule has 148 valence electrons. The molecule has 0 bridgehead atoms. The molecule has 6 heteroatoms. The Morgan fingerprint density at radius 3 is 2.14 bits per heavy atom. The molecule has 28 heavy (non-hydrogen) atoms. The lowest BCUT2D eigenvalue weighted by molar-refractivity contribution is -0.151. The van der Waals surface area contributed by atoms with E-state index in [1.807, 2.05) is 60.7 Å². The Morgan fingerprint density at radius 2 is 1.57 bits per heavy atom. The van der Waals surface area contributed by atoms with Crippen LogP contribution in [0.25, 0.3) is 0 Å². The Morgan fingerprint density at radius 1 is 0.964 bits per heavy atom. The van der Waals surface area contributed by atoms with Gasteiger partial charge in [0, 0.05) is 26.1 Å². The summed E-state index contributed by atoms with van der Waals surface area (Å²) in [7, 11) is 2.85. The molecule has 2 aromatic rings. The van der Waals surface area contributed by atoms with Gasteiger partial charge in [-0.05, 0) is 11.1 Å². The summed E-state index contributed by atoms with van der Waals surface area (Å²) >= 11 is 0. The van der Waals surface area contributed by atoms with Crippen molar-refractivity contribution in [2.75, 3.05) is 20.8 Å². The van der Waals surface area contributed by atoms with Crippen LogP contribution in [0, 0.1) is 0 Å². The fourth-order valence-electron chi connectivity index (χ4n) is 3.44. The number of hydrogen-bond donors (Lipinski definition) is 2. The molecule has 1 unspecified atom stereocenters. The summed E-state index contributed by atoms with van der Waals surface area (Å²) in [5, 5.41) is 14.8. The molecule has 1 aliphatic rings. The van der Waals surface area contributed by atoms with E-state index >= 15 is 0 Å². The van der Waals surface area contributed by atoms with Crippen molar-refractivity contribution in [1.29, 1.82) is 0 Å². The highest BCUT2D eigenvalue weighted by atomic mass is 16.5. The summed E-state index contributed by atoms with van der Waals surface area (Å²) < 4.78 is 10.6. The zero-order chi connectivity index (χ0) is 20.0. The van der Waals surface area contributed by atoms with Gasteiger partial charge in [-0.3, -0.25) is 9.69 Å². The summed E-state index contributed by atoms with van der Waals surface area (Å²) in [5.74, 6) is -0.185. The zero-order valence-electron chi connectivity index (χ0n) is 16.2. The summed E-state index contributed by atoms with van der Waals surface area (Å²) in [6.07, 6.45) is 0.272. The maximum absolute atomic E-state index is 12.9. The Labute approximate surface area is 165 Å². The molecule has 2 N–H and O–H groups in total. The molecule has 0 fully saturated rings. The first kappa shape index (κ1) is 19.9. The van der Waals surface area contributed by atoms with Gasteiger partial charge in [0.1, 0.15) is 0 Å². The Hall–Kier alpha value is -2.83. The van der Waals surface area contributed by atoms with Crippen LogP contribution in [0.1, 0.15) is 17.5 Å². The molecule has 1 amide bonds. The number of amides is 1. The monoisotopic (exact) mass is 382 g/mol. The standard InChI is InChI=1S/C22H26N2O4/c1-27-19-20(28-2)22(26,13-14-23-15-17-9-5-3-6-10-17)24(21(19)25)16-18-11-7-4-8-12-18/h3-12,23,26H,13-16H2,1-2H3. The highest BCUT2D eigenvalue weighted by Gasteiger charge is 2.52. The van der Waals surface area contributed by atoms with Crippen LogP contribution in [0.2, 0.25) is 0 Å². The maximum Gasteiger partial charge on any atom is 0.295 e. The van der Waals surface area contributed by atoms with Crippen molar-refractivity contribution in [3.63, 3.8) is 0 Å². The molecule has 1 heterocycles. The van der Waals surface area contributed by atoms with E-state index < -0.39 is 5.72 Å². The second-order valence-corrected chi connectivity index (χ2v) is 6.67. The van der Waals surface area contributed by atoms with Crippen LogP contribution in [0.15, 0.2) is 72.2 Å². The quantitative estimate of drug-likeness (QED) is 0.652. The summed E-state index contributed by atoms with van der Waals surface area (Å²) in [6, 6.07) is 19.6. The van der Waals surface area contributed by atoms with Gasteiger partial charge in [0.05, 0.1) is 14.2 Å². The third kappa shape index (κ3) is 4.03.